The first-order valence-electron chi connectivity index (χ1n) is 16.3. The molecule has 0 saturated carbocycles. The fourth-order valence-corrected chi connectivity index (χ4v) is 6.34. The number of nitrogens with zero attached hydrogens (tertiary/aromatic N) is 2. The van der Waals surface area contributed by atoms with E-state index in [1.54, 1.807) is 0 Å². The minimum absolute atomic E-state index is 1.12. The van der Waals surface area contributed by atoms with E-state index in [2.05, 4.69) is 216 Å². The van der Waals surface area contributed by atoms with Gasteiger partial charge in [0.25, 0.3) is 0 Å². The third-order valence-electron chi connectivity index (χ3n) is 8.78. The standard InChI is InChI=1S/C46H34N2/c1-3-15-41(16-4-1)47(45-31-25-37-11-7-9-13-39(37)33-45)43-27-21-35(22-28-43)19-20-36-23-29-44(30-24-36)48(42-17-5-2-6-18-42)46-32-26-38-12-8-10-14-40(38)34-46/h1-34H/b20-19+. The molecule has 0 aliphatic rings. The number of fused-ring (bicyclic) bond motifs is 2. The minimum atomic E-state index is 1.12. The van der Waals surface area contributed by atoms with Crippen molar-refractivity contribution in [2.45, 2.75) is 0 Å². The van der Waals surface area contributed by atoms with Gasteiger partial charge in [0.15, 0.2) is 0 Å². The SMILES string of the molecule is C(=C\c1ccc(N(c2ccccc2)c2ccc3ccccc3c2)cc1)/c1ccc(N(c2ccccc2)c2ccc3ccccc3c2)cc1. The van der Waals surface area contributed by atoms with Gasteiger partial charge in [-0.2, -0.15) is 0 Å². The Morgan fingerprint density at radius 2 is 0.562 bits per heavy atom. The third-order valence-corrected chi connectivity index (χ3v) is 8.78. The first-order valence-corrected chi connectivity index (χ1v) is 16.3. The highest BCUT2D eigenvalue weighted by Gasteiger charge is 2.14. The third kappa shape index (κ3) is 6.08. The first kappa shape index (κ1) is 29.1. The lowest BCUT2D eigenvalue weighted by atomic mass is 10.1. The maximum absolute atomic E-state index is 2.31. The lowest BCUT2D eigenvalue weighted by molar-refractivity contribution is 1.29. The molecule has 0 unspecified atom stereocenters. The van der Waals surface area contributed by atoms with E-state index < -0.39 is 0 Å². The Morgan fingerprint density at radius 1 is 0.250 bits per heavy atom. The summed E-state index contributed by atoms with van der Waals surface area (Å²) in [4.78, 5) is 4.62. The zero-order chi connectivity index (χ0) is 32.1. The van der Waals surface area contributed by atoms with Crippen LogP contribution in [0.25, 0.3) is 33.7 Å². The van der Waals surface area contributed by atoms with E-state index in [1.807, 2.05) is 0 Å². The fourth-order valence-electron chi connectivity index (χ4n) is 6.34. The Balaban J connectivity index is 1.05. The van der Waals surface area contributed by atoms with Crippen molar-refractivity contribution in [3.63, 3.8) is 0 Å². The molecule has 0 bridgehead atoms. The molecule has 0 heterocycles. The van der Waals surface area contributed by atoms with Crippen LogP contribution in [0.1, 0.15) is 11.1 Å². The predicted molar refractivity (Wildman–Crippen MR) is 206 cm³/mol. The second-order valence-corrected chi connectivity index (χ2v) is 11.9. The molecule has 0 fully saturated rings. The van der Waals surface area contributed by atoms with Gasteiger partial charge in [-0.1, -0.05) is 133 Å². The summed E-state index contributed by atoms with van der Waals surface area (Å²) in [5.74, 6) is 0. The fraction of sp³-hybridized carbons (Fsp3) is 0. The molecule has 0 aliphatic carbocycles. The monoisotopic (exact) mass is 614 g/mol. The molecule has 0 radical (unpaired) electrons. The highest BCUT2D eigenvalue weighted by molar-refractivity contribution is 5.90. The average molecular weight is 615 g/mol. The summed E-state index contributed by atoms with van der Waals surface area (Å²) in [5, 5.41) is 4.93. The van der Waals surface area contributed by atoms with Gasteiger partial charge in [0, 0.05) is 34.1 Å². The quantitative estimate of drug-likeness (QED) is 0.157. The lowest BCUT2D eigenvalue weighted by Gasteiger charge is -2.26. The summed E-state index contributed by atoms with van der Waals surface area (Å²) in [6.07, 6.45) is 4.36. The minimum Gasteiger partial charge on any atom is -0.310 e. The van der Waals surface area contributed by atoms with Gasteiger partial charge in [0.05, 0.1) is 0 Å². The van der Waals surface area contributed by atoms with Crippen LogP contribution < -0.4 is 9.80 Å². The summed E-state index contributed by atoms with van der Waals surface area (Å²) in [7, 11) is 0. The zero-order valence-corrected chi connectivity index (χ0v) is 26.5. The van der Waals surface area contributed by atoms with Crippen LogP contribution in [0.3, 0.4) is 0 Å². The van der Waals surface area contributed by atoms with E-state index >= 15 is 0 Å². The molecule has 8 aromatic carbocycles. The van der Waals surface area contributed by atoms with E-state index in [-0.39, 0.29) is 0 Å². The Hall–Kier alpha value is -6.38. The van der Waals surface area contributed by atoms with E-state index in [0.717, 1.165) is 45.3 Å². The van der Waals surface area contributed by atoms with Crippen LogP contribution in [0, 0.1) is 0 Å². The van der Waals surface area contributed by atoms with Crippen molar-refractivity contribution in [1.82, 2.24) is 0 Å². The predicted octanol–water partition coefficient (Wildman–Crippen LogP) is 13.1. The number of anilines is 6. The molecule has 0 N–H and O–H groups in total. The Morgan fingerprint density at radius 3 is 0.958 bits per heavy atom. The Kier molecular flexibility index (Phi) is 7.96. The summed E-state index contributed by atoms with van der Waals surface area (Å²) >= 11 is 0. The molecule has 0 atom stereocenters. The second kappa shape index (κ2) is 13.2. The summed E-state index contributed by atoms with van der Waals surface area (Å²) in [6.45, 7) is 0. The topological polar surface area (TPSA) is 6.48 Å². The number of rotatable bonds is 8. The van der Waals surface area contributed by atoms with Gasteiger partial charge in [-0.25, -0.2) is 0 Å². The van der Waals surface area contributed by atoms with Gasteiger partial charge in [-0.3, -0.25) is 0 Å². The largest absolute Gasteiger partial charge is 0.310 e. The van der Waals surface area contributed by atoms with E-state index in [1.165, 1.54) is 21.5 Å². The molecule has 0 amide bonds. The van der Waals surface area contributed by atoms with Crippen molar-refractivity contribution in [3.05, 3.63) is 205 Å². The highest BCUT2D eigenvalue weighted by Crippen LogP contribution is 2.37. The molecular formula is C46H34N2. The van der Waals surface area contributed by atoms with Gasteiger partial charge in [-0.05, 0) is 105 Å². The van der Waals surface area contributed by atoms with E-state index in [9.17, 15) is 0 Å². The molecule has 2 nitrogen and oxygen atoms in total. The van der Waals surface area contributed by atoms with Crippen molar-refractivity contribution in [2.75, 3.05) is 9.80 Å². The van der Waals surface area contributed by atoms with Crippen LogP contribution in [0.5, 0.6) is 0 Å². The first-order chi connectivity index (χ1) is 23.8. The number of hydrogen-bond donors (Lipinski definition) is 0. The van der Waals surface area contributed by atoms with Gasteiger partial charge in [0.2, 0.25) is 0 Å². The molecule has 0 aliphatic heterocycles. The van der Waals surface area contributed by atoms with E-state index in [4.69, 9.17) is 0 Å². The zero-order valence-electron chi connectivity index (χ0n) is 26.5. The van der Waals surface area contributed by atoms with Crippen molar-refractivity contribution in [2.24, 2.45) is 0 Å². The number of para-hydroxylation sites is 2. The van der Waals surface area contributed by atoms with Crippen LogP contribution in [0.4, 0.5) is 34.1 Å². The maximum atomic E-state index is 2.31. The molecule has 228 valence electrons. The van der Waals surface area contributed by atoms with Crippen molar-refractivity contribution >= 4 is 67.8 Å². The Labute approximate surface area is 282 Å². The van der Waals surface area contributed by atoms with Gasteiger partial charge in [-0.15, -0.1) is 0 Å². The molecule has 2 heteroatoms. The van der Waals surface area contributed by atoms with Crippen molar-refractivity contribution < 1.29 is 0 Å². The second-order valence-electron chi connectivity index (χ2n) is 11.9. The molecule has 8 aromatic rings. The van der Waals surface area contributed by atoms with Crippen LogP contribution in [0.15, 0.2) is 194 Å². The lowest BCUT2D eigenvalue weighted by Crippen LogP contribution is -2.09. The van der Waals surface area contributed by atoms with Crippen molar-refractivity contribution in [1.29, 1.82) is 0 Å². The van der Waals surface area contributed by atoms with E-state index in [0.29, 0.717) is 0 Å². The number of hydrogen-bond acceptors (Lipinski definition) is 2. The van der Waals surface area contributed by atoms with Crippen molar-refractivity contribution in [3.8, 4) is 0 Å². The van der Waals surface area contributed by atoms with Gasteiger partial charge in [0.1, 0.15) is 0 Å². The van der Waals surface area contributed by atoms with Crippen LogP contribution >= 0.6 is 0 Å². The molecule has 0 spiro atoms. The number of benzene rings is 8. The Bertz CT molecular complexity index is 2160. The van der Waals surface area contributed by atoms with Gasteiger partial charge >= 0.3 is 0 Å². The maximum Gasteiger partial charge on any atom is 0.0468 e. The van der Waals surface area contributed by atoms with Gasteiger partial charge < -0.3 is 9.80 Å². The summed E-state index contributed by atoms with van der Waals surface area (Å²) < 4.78 is 0. The molecule has 0 saturated heterocycles. The average Bonchev–Trinajstić information content (AvgIpc) is 3.16. The molecule has 0 aromatic heterocycles. The van der Waals surface area contributed by atoms with Crippen LogP contribution in [-0.2, 0) is 0 Å². The normalized spacial score (nSPS) is 11.2. The molecular weight excluding hydrogens is 581 g/mol. The van der Waals surface area contributed by atoms with Crippen LogP contribution in [0.2, 0.25) is 0 Å². The molecule has 8 rings (SSSR count). The highest BCUT2D eigenvalue weighted by atomic mass is 15.1. The summed E-state index contributed by atoms with van der Waals surface area (Å²) in [6, 6.07) is 69.0. The van der Waals surface area contributed by atoms with Crippen LogP contribution in [-0.4, -0.2) is 0 Å². The molecule has 48 heavy (non-hydrogen) atoms. The smallest absolute Gasteiger partial charge is 0.0468 e. The summed E-state index contributed by atoms with van der Waals surface area (Å²) in [5.41, 5.74) is 9.06.